The van der Waals surface area contributed by atoms with Crippen LogP contribution in [0.25, 0.3) is 22.4 Å². The lowest BCUT2D eigenvalue weighted by atomic mass is 10.0. The molecule has 0 radical (unpaired) electrons. The largest absolute Gasteiger partial charge is 0.496 e. The minimum atomic E-state index is -0.488. The van der Waals surface area contributed by atoms with E-state index in [4.69, 9.17) is 10.5 Å². The lowest BCUT2D eigenvalue weighted by Crippen LogP contribution is -2.10. The summed E-state index contributed by atoms with van der Waals surface area (Å²) in [5.41, 5.74) is 12.6. The first-order valence-corrected chi connectivity index (χ1v) is 10.9. The summed E-state index contributed by atoms with van der Waals surface area (Å²) in [5.74, 6) is 0.143. The number of carbonyl (C=O) groups excluding carboxylic acids is 1. The van der Waals surface area contributed by atoms with Gasteiger partial charge in [0, 0.05) is 34.2 Å². The molecule has 4 rings (SSSR count). The first-order chi connectivity index (χ1) is 16.4. The molecule has 170 valence electrons. The van der Waals surface area contributed by atoms with E-state index in [1.807, 2.05) is 29.6 Å². The molecule has 1 amide bonds. The van der Waals surface area contributed by atoms with Gasteiger partial charge in [-0.1, -0.05) is 18.2 Å². The zero-order valence-electron chi connectivity index (χ0n) is 18.0. The molecule has 0 spiro atoms. The number of primary amides is 1. The highest BCUT2D eigenvalue weighted by Gasteiger charge is 2.09. The molecular formula is C24H19N5O4S. The average Bonchev–Trinajstić information content (AvgIpc) is 3.33. The zero-order chi connectivity index (χ0) is 24.1. The van der Waals surface area contributed by atoms with Gasteiger partial charge in [0.05, 0.1) is 23.9 Å². The first kappa shape index (κ1) is 22.6. The van der Waals surface area contributed by atoms with E-state index in [0.29, 0.717) is 22.1 Å². The third-order valence-corrected chi connectivity index (χ3v) is 5.70. The second-order valence-electron chi connectivity index (χ2n) is 7.11. The molecule has 9 nitrogen and oxygen atoms in total. The number of anilines is 1. The van der Waals surface area contributed by atoms with Gasteiger partial charge in [0.1, 0.15) is 5.75 Å². The Hall–Kier alpha value is -4.57. The van der Waals surface area contributed by atoms with Crippen LogP contribution in [0.5, 0.6) is 5.75 Å². The Morgan fingerprint density at radius 2 is 1.85 bits per heavy atom. The van der Waals surface area contributed by atoms with Crippen LogP contribution < -0.4 is 15.9 Å². The molecule has 1 heterocycles. The third kappa shape index (κ3) is 5.08. The fourth-order valence-corrected chi connectivity index (χ4v) is 3.90. The van der Waals surface area contributed by atoms with Crippen molar-refractivity contribution in [2.24, 2.45) is 10.8 Å². The number of nitro benzene ring substituents is 1. The number of carbonyl (C=O) groups is 1. The molecule has 0 fully saturated rings. The minimum Gasteiger partial charge on any atom is -0.496 e. The Bertz CT molecular complexity index is 1380. The standard InChI is InChI=1S/C24H19N5O4S/c1-33-22-10-7-17(16-3-2-4-18(11-16)23(25)30)12-19(22)13-26-28-24-27-21(14-34-24)15-5-8-20(9-6-15)29(31)32/h2-14H,1H3,(H2,25,30)(H,27,28)/b26-13+. The van der Waals surface area contributed by atoms with E-state index in [1.54, 1.807) is 43.7 Å². The Morgan fingerprint density at radius 1 is 1.12 bits per heavy atom. The number of hydrogen-bond donors (Lipinski definition) is 2. The predicted molar refractivity (Wildman–Crippen MR) is 132 cm³/mol. The third-order valence-electron chi connectivity index (χ3n) is 4.95. The number of methoxy groups -OCH3 is 1. The molecule has 0 aliphatic carbocycles. The quantitative estimate of drug-likeness (QED) is 0.212. The van der Waals surface area contributed by atoms with E-state index in [2.05, 4.69) is 15.5 Å². The Morgan fingerprint density at radius 3 is 2.56 bits per heavy atom. The molecule has 0 aliphatic rings. The Balaban J connectivity index is 1.51. The maximum atomic E-state index is 11.5. The monoisotopic (exact) mass is 473 g/mol. The number of benzene rings is 3. The highest BCUT2D eigenvalue weighted by atomic mass is 32.1. The lowest BCUT2D eigenvalue weighted by Gasteiger charge is -2.09. The van der Waals surface area contributed by atoms with Crippen molar-refractivity contribution in [2.75, 3.05) is 12.5 Å². The van der Waals surface area contributed by atoms with Crippen molar-refractivity contribution in [3.8, 4) is 28.1 Å². The van der Waals surface area contributed by atoms with E-state index >= 15 is 0 Å². The molecule has 0 atom stereocenters. The maximum Gasteiger partial charge on any atom is 0.269 e. The highest BCUT2D eigenvalue weighted by Crippen LogP contribution is 2.28. The summed E-state index contributed by atoms with van der Waals surface area (Å²) in [4.78, 5) is 26.3. The van der Waals surface area contributed by atoms with Gasteiger partial charge in [-0.15, -0.1) is 11.3 Å². The van der Waals surface area contributed by atoms with Crippen molar-refractivity contribution in [1.29, 1.82) is 0 Å². The van der Waals surface area contributed by atoms with E-state index in [0.717, 1.165) is 22.3 Å². The van der Waals surface area contributed by atoms with Crippen molar-refractivity contribution in [3.63, 3.8) is 0 Å². The topological polar surface area (TPSA) is 133 Å². The number of nitro groups is 1. The molecule has 1 aromatic heterocycles. The van der Waals surface area contributed by atoms with Gasteiger partial charge in [-0.05, 0) is 47.5 Å². The number of nitrogens with zero attached hydrogens (tertiary/aromatic N) is 3. The van der Waals surface area contributed by atoms with Crippen molar-refractivity contribution >= 4 is 34.3 Å². The van der Waals surface area contributed by atoms with Crippen molar-refractivity contribution < 1.29 is 14.5 Å². The summed E-state index contributed by atoms with van der Waals surface area (Å²) in [5, 5.41) is 17.5. The second kappa shape index (κ2) is 9.92. The van der Waals surface area contributed by atoms with Gasteiger partial charge in [-0.3, -0.25) is 20.3 Å². The number of ether oxygens (including phenoxy) is 1. The van der Waals surface area contributed by atoms with Crippen LogP contribution in [0.3, 0.4) is 0 Å². The number of non-ortho nitro benzene ring substituents is 1. The number of aromatic nitrogens is 1. The van der Waals surface area contributed by atoms with Gasteiger partial charge < -0.3 is 10.5 Å². The molecule has 10 heteroatoms. The van der Waals surface area contributed by atoms with Gasteiger partial charge in [0.25, 0.3) is 5.69 Å². The van der Waals surface area contributed by atoms with Crippen LogP contribution >= 0.6 is 11.3 Å². The van der Waals surface area contributed by atoms with Gasteiger partial charge in [0.2, 0.25) is 11.0 Å². The number of hydrogen-bond acceptors (Lipinski definition) is 8. The van der Waals surface area contributed by atoms with Crippen LogP contribution in [0.1, 0.15) is 15.9 Å². The second-order valence-corrected chi connectivity index (χ2v) is 7.97. The van der Waals surface area contributed by atoms with Crippen LogP contribution in [-0.2, 0) is 0 Å². The molecular weight excluding hydrogens is 454 g/mol. The molecule has 3 aromatic carbocycles. The number of rotatable bonds is 8. The smallest absolute Gasteiger partial charge is 0.269 e. The van der Waals surface area contributed by atoms with Crippen molar-refractivity contribution in [3.05, 3.63) is 93.4 Å². The summed E-state index contributed by atoms with van der Waals surface area (Å²) in [6.45, 7) is 0. The number of nitrogens with one attached hydrogen (secondary N) is 1. The molecule has 3 N–H and O–H groups in total. The summed E-state index contributed by atoms with van der Waals surface area (Å²) in [6.07, 6.45) is 1.62. The van der Waals surface area contributed by atoms with E-state index in [9.17, 15) is 14.9 Å². The van der Waals surface area contributed by atoms with Crippen LogP contribution in [0, 0.1) is 10.1 Å². The molecule has 4 aromatic rings. The van der Waals surface area contributed by atoms with E-state index in [-0.39, 0.29) is 5.69 Å². The fraction of sp³-hybridized carbons (Fsp3) is 0.0417. The van der Waals surface area contributed by atoms with Crippen molar-refractivity contribution in [2.45, 2.75) is 0 Å². The van der Waals surface area contributed by atoms with Crippen LogP contribution in [0.15, 0.2) is 77.2 Å². The zero-order valence-corrected chi connectivity index (χ0v) is 18.8. The molecule has 0 saturated heterocycles. The highest BCUT2D eigenvalue weighted by molar-refractivity contribution is 7.14. The minimum absolute atomic E-state index is 0.0273. The number of amides is 1. The van der Waals surface area contributed by atoms with Gasteiger partial charge in [-0.25, -0.2) is 4.98 Å². The predicted octanol–water partition coefficient (Wildman–Crippen LogP) is 4.94. The van der Waals surface area contributed by atoms with Crippen LogP contribution in [0.4, 0.5) is 10.8 Å². The van der Waals surface area contributed by atoms with Gasteiger partial charge >= 0.3 is 0 Å². The van der Waals surface area contributed by atoms with Crippen molar-refractivity contribution in [1.82, 2.24) is 4.98 Å². The van der Waals surface area contributed by atoms with E-state index < -0.39 is 10.8 Å². The van der Waals surface area contributed by atoms with Gasteiger partial charge in [-0.2, -0.15) is 5.10 Å². The Labute approximate surface area is 198 Å². The maximum absolute atomic E-state index is 11.5. The molecule has 0 unspecified atom stereocenters. The van der Waals surface area contributed by atoms with Crippen LogP contribution in [0.2, 0.25) is 0 Å². The molecule has 0 saturated carbocycles. The summed E-state index contributed by atoms with van der Waals surface area (Å²) < 4.78 is 5.44. The number of nitrogens with two attached hydrogens (primary N) is 1. The lowest BCUT2D eigenvalue weighted by molar-refractivity contribution is -0.384. The summed E-state index contributed by atoms with van der Waals surface area (Å²) >= 11 is 1.36. The average molecular weight is 474 g/mol. The summed E-state index contributed by atoms with van der Waals surface area (Å²) in [6, 6.07) is 18.9. The van der Waals surface area contributed by atoms with E-state index in [1.165, 1.54) is 23.5 Å². The first-order valence-electron chi connectivity index (χ1n) is 10.0. The normalized spacial score (nSPS) is 10.9. The number of hydrazone groups is 1. The summed E-state index contributed by atoms with van der Waals surface area (Å²) in [7, 11) is 1.57. The van der Waals surface area contributed by atoms with Crippen LogP contribution in [-0.4, -0.2) is 29.1 Å². The molecule has 34 heavy (non-hydrogen) atoms. The molecule has 0 aliphatic heterocycles. The molecule has 0 bridgehead atoms. The SMILES string of the molecule is COc1ccc(-c2cccc(C(N)=O)c2)cc1/C=N/Nc1nc(-c2ccc([N+](=O)[O-])cc2)cs1. The Kier molecular flexibility index (Phi) is 6.60. The fourth-order valence-electron chi connectivity index (χ4n) is 3.24. The van der Waals surface area contributed by atoms with Gasteiger partial charge in [0.15, 0.2) is 0 Å². The number of thiazole rings is 1.